The smallest absolute Gasteiger partial charge is 0.335 e. The van der Waals surface area contributed by atoms with Gasteiger partial charge in [-0.05, 0) is 41.8 Å². The molecule has 2 rings (SSSR count). The molecule has 0 bridgehead atoms. The summed E-state index contributed by atoms with van der Waals surface area (Å²) in [6.45, 7) is 0.399. The van der Waals surface area contributed by atoms with Crippen molar-refractivity contribution in [3.05, 3.63) is 65.2 Å². The van der Waals surface area contributed by atoms with E-state index in [-0.39, 0.29) is 11.5 Å². The quantitative estimate of drug-likeness (QED) is 0.821. The van der Waals surface area contributed by atoms with Crippen LogP contribution in [0.25, 0.3) is 0 Å². The number of benzene rings is 2. The zero-order chi connectivity index (χ0) is 17.5. The van der Waals surface area contributed by atoms with E-state index < -0.39 is 5.97 Å². The summed E-state index contributed by atoms with van der Waals surface area (Å²) in [6, 6.07) is 14.6. The number of carbonyl (C=O) groups excluding carboxylic acids is 1. The number of carboxylic acids is 1. The fourth-order valence-corrected chi connectivity index (χ4v) is 2.30. The maximum absolute atomic E-state index is 12.0. The summed E-state index contributed by atoms with van der Waals surface area (Å²) in [4.78, 5) is 24.8. The fraction of sp³-hybridized carbons (Fsp3) is 0.263. The average Bonchev–Trinajstić information content (AvgIpc) is 2.58. The van der Waals surface area contributed by atoms with Crippen molar-refractivity contribution in [1.82, 2.24) is 5.32 Å². The second kappa shape index (κ2) is 8.15. The molecule has 5 nitrogen and oxygen atoms in total. The van der Waals surface area contributed by atoms with Crippen LogP contribution in [0.15, 0.2) is 48.5 Å². The second-order valence-corrected chi connectivity index (χ2v) is 5.84. The molecule has 0 aliphatic heterocycles. The molecule has 0 aliphatic rings. The minimum absolute atomic E-state index is 0.0208. The number of aryl methyl sites for hydroxylation is 1. The Balaban J connectivity index is 1.81. The van der Waals surface area contributed by atoms with E-state index in [1.165, 1.54) is 12.1 Å². The van der Waals surface area contributed by atoms with Crippen molar-refractivity contribution in [2.24, 2.45) is 0 Å². The van der Waals surface area contributed by atoms with Gasteiger partial charge in [0.25, 0.3) is 0 Å². The zero-order valence-electron chi connectivity index (χ0n) is 14.0. The fourth-order valence-electron chi connectivity index (χ4n) is 2.30. The van der Waals surface area contributed by atoms with Crippen molar-refractivity contribution in [1.29, 1.82) is 0 Å². The van der Waals surface area contributed by atoms with Crippen LogP contribution in [0, 0.1) is 0 Å². The van der Waals surface area contributed by atoms with Gasteiger partial charge in [-0.2, -0.15) is 0 Å². The van der Waals surface area contributed by atoms with Gasteiger partial charge in [0.1, 0.15) is 0 Å². The molecule has 0 atom stereocenters. The molecule has 0 fully saturated rings. The van der Waals surface area contributed by atoms with E-state index in [0.29, 0.717) is 19.4 Å². The molecule has 1 amide bonds. The second-order valence-electron chi connectivity index (χ2n) is 5.84. The zero-order valence-corrected chi connectivity index (χ0v) is 14.0. The molecule has 2 N–H and O–H groups in total. The Bertz CT molecular complexity index is 709. The lowest BCUT2D eigenvalue weighted by molar-refractivity contribution is -0.121. The molecule has 0 spiro atoms. The highest BCUT2D eigenvalue weighted by molar-refractivity contribution is 5.87. The van der Waals surface area contributed by atoms with E-state index >= 15 is 0 Å². The summed E-state index contributed by atoms with van der Waals surface area (Å²) in [7, 11) is 3.98. The van der Waals surface area contributed by atoms with Crippen molar-refractivity contribution < 1.29 is 14.7 Å². The van der Waals surface area contributed by atoms with Crippen molar-refractivity contribution in [3.63, 3.8) is 0 Å². The number of rotatable bonds is 7. The third-order valence-electron chi connectivity index (χ3n) is 3.76. The number of nitrogens with one attached hydrogen (secondary N) is 1. The Kier molecular flexibility index (Phi) is 5.95. The van der Waals surface area contributed by atoms with Crippen LogP contribution in [0.3, 0.4) is 0 Å². The maximum Gasteiger partial charge on any atom is 0.335 e. The molecule has 0 heterocycles. The standard InChI is InChI=1S/C19H22N2O3/c1-21(2)17-5-3-4-14(12-17)8-11-18(22)20-13-15-6-9-16(10-7-15)19(23)24/h3-7,9-10,12H,8,11,13H2,1-2H3,(H,20,22)(H,23,24). The lowest BCUT2D eigenvalue weighted by Gasteiger charge is -2.13. The summed E-state index contributed by atoms with van der Waals surface area (Å²) >= 11 is 0. The Morgan fingerprint density at radius 1 is 1.04 bits per heavy atom. The molecule has 126 valence electrons. The number of carboxylic acid groups (broad SMARTS) is 1. The normalized spacial score (nSPS) is 10.2. The molecule has 24 heavy (non-hydrogen) atoms. The summed E-state index contributed by atoms with van der Waals surface area (Å²) in [5.74, 6) is -0.974. The minimum atomic E-state index is -0.953. The van der Waals surface area contributed by atoms with E-state index in [1.54, 1.807) is 12.1 Å². The predicted molar refractivity (Wildman–Crippen MR) is 94.3 cm³/mol. The van der Waals surface area contributed by atoms with Gasteiger partial charge in [0, 0.05) is 32.7 Å². The molecular weight excluding hydrogens is 304 g/mol. The Hall–Kier alpha value is -2.82. The van der Waals surface area contributed by atoms with Crippen molar-refractivity contribution in [3.8, 4) is 0 Å². The number of hydrogen-bond acceptors (Lipinski definition) is 3. The van der Waals surface area contributed by atoms with Gasteiger partial charge in [-0.25, -0.2) is 4.79 Å². The van der Waals surface area contributed by atoms with Crippen molar-refractivity contribution >= 4 is 17.6 Å². The third kappa shape index (κ3) is 5.12. The van der Waals surface area contributed by atoms with Gasteiger partial charge in [-0.1, -0.05) is 24.3 Å². The highest BCUT2D eigenvalue weighted by Crippen LogP contribution is 2.14. The first kappa shape index (κ1) is 17.5. The van der Waals surface area contributed by atoms with E-state index in [1.807, 2.05) is 37.2 Å². The molecule has 5 heteroatoms. The van der Waals surface area contributed by atoms with Crippen LogP contribution in [0.1, 0.15) is 27.9 Å². The van der Waals surface area contributed by atoms with Gasteiger partial charge in [0.05, 0.1) is 5.56 Å². The van der Waals surface area contributed by atoms with Crippen LogP contribution < -0.4 is 10.2 Å². The van der Waals surface area contributed by atoms with Crippen LogP contribution in [0.2, 0.25) is 0 Å². The Labute approximate surface area is 141 Å². The van der Waals surface area contributed by atoms with Gasteiger partial charge >= 0.3 is 5.97 Å². The molecule has 0 aliphatic carbocycles. The maximum atomic E-state index is 12.0. The molecule has 0 unspecified atom stereocenters. The number of nitrogens with zero attached hydrogens (tertiary/aromatic N) is 1. The summed E-state index contributed by atoms with van der Waals surface area (Å²) < 4.78 is 0. The minimum Gasteiger partial charge on any atom is -0.478 e. The first-order valence-electron chi connectivity index (χ1n) is 7.81. The number of amides is 1. The van der Waals surface area contributed by atoms with Crippen LogP contribution in [-0.4, -0.2) is 31.1 Å². The topological polar surface area (TPSA) is 69.6 Å². The largest absolute Gasteiger partial charge is 0.478 e. The van der Waals surface area contributed by atoms with Crippen LogP contribution in [0.5, 0.6) is 0 Å². The lowest BCUT2D eigenvalue weighted by atomic mass is 10.1. The monoisotopic (exact) mass is 326 g/mol. The van der Waals surface area contributed by atoms with Gasteiger partial charge in [-0.15, -0.1) is 0 Å². The van der Waals surface area contributed by atoms with E-state index in [2.05, 4.69) is 11.4 Å². The molecule has 2 aromatic rings. The summed E-state index contributed by atoms with van der Waals surface area (Å²) in [5.41, 5.74) is 3.36. The van der Waals surface area contributed by atoms with Crippen LogP contribution in [-0.2, 0) is 17.8 Å². The first-order valence-corrected chi connectivity index (χ1v) is 7.81. The molecule has 0 aromatic heterocycles. The summed E-state index contributed by atoms with van der Waals surface area (Å²) in [6.07, 6.45) is 1.11. The Morgan fingerprint density at radius 2 is 1.75 bits per heavy atom. The van der Waals surface area contributed by atoms with Gasteiger partial charge in [-0.3, -0.25) is 4.79 Å². The van der Waals surface area contributed by atoms with E-state index in [9.17, 15) is 9.59 Å². The lowest BCUT2D eigenvalue weighted by Crippen LogP contribution is -2.23. The van der Waals surface area contributed by atoms with Gasteiger partial charge in [0.15, 0.2) is 0 Å². The van der Waals surface area contributed by atoms with E-state index in [4.69, 9.17) is 5.11 Å². The van der Waals surface area contributed by atoms with Gasteiger partial charge in [0.2, 0.25) is 5.91 Å². The van der Waals surface area contributed by atoms with Crippen molar-refractivity contribution in [2.45, 2.75) is 19.4 Å². The van der Waals surface area contributed by atoms with Crippen LogP contribution in [0.4, 0.5) is 5.69 Å². The number of carbonyl (C=O) groups is 2. The predicted octanol–water partition coefficient (Wildman–Crippen LogP) is 2.70. The summed E-state index contributed by atoms with van der Waals surface area (Å²) in [5, 5.41) is 11.7. The van der Waals surface area contributed by atoms with E-state index in [0.717, 1.165) is 16.8 Å². The first-order chi connectivity index (χ1) is 11.5. The van der Waals surface area contributed by atoms with Crippen LogP contribution >= 0.6 is 0 Å². The highest BCUT2D eigenvalue weighted by Gasteiger charge is 2.05. The molecule has 0 saturated heterocycles. The molecule has 2 aromatic carbocycles. The third-order valence-corrected chi connectivity index (χ3v) is 3.76. The van der Waals surface area contributed by atoms with Gasteiger partial charge < -0.3 is 15.3 Å². The number of aromatic carboxylic acids is 1. The number of anilines is 1. The molecule has 0 radical (unpaired) electrons. The van der Waals surface area contributed by atoms with Crippen molar-refractivity contribution in [2.75, 3.05) is 19.0 Å². The number of hydrogen-bond donors (Lipinski definition) is 2. The molecular formula is C19H22N2O3. The highest BCUT2D eigenvalue weighted by atomic mass is 16.4. The Morgan fingerprint density at radius 3 is 2.38 bits per heavy atom. The SMILES string of the molecule is CN(C)c1cccc(CCC(=O)NCc2ccc(C(=O)O)cc2)c1. The average molecular weight is 326 g/mol. The molecule has 0 saturated carbocycles.